The Hall–Kier alpha value is -2.28. The highest BCUT2D eigenvalue weighted by Crippen LogP contribution is 2.24. The van der Waals surface area contributed by atoms with E-state index in [-0.39, 0.29) is 17.9 Å². The van der Waals surface area contributed by atoms with E-state index in [0.717, 1.165) is 48.8 Å². The third kappa shape index (κ3) is 3.88. The summed E-state index contributed by atoms with van der Waals surface area (Å²) in [6.45, 7) is 7.00. The normalized spacial score (nSPS) is 21.0. The molecule has 144 valence electrons. The number of amides is 1. The fourth-order valence-corrected chi connectivity index (χ4v) is 4.04. The Morgan fingerprint density at radius 2 is 2.26 bits per heavy atom. The van der Waals surface area contributed by atoms with Crippen molar-refractivity contribution in [2.45, 2.75) is 58.7 Å². The van der Waals surface area contributed by atoms with E-state index in [0.29, 0.717) is 13.1 Å². The van der Waals surface area contributed by atoms with Gasteiger partial charge in [-0.25, -0.2) is 15.0 Å². The van der Waals surface area contributed by atoms with Gasteiger partial charge in [0.05, 0.1) is 17.7 Å². The summed E-state index contributed by atoms with van der Waals surface area (Å²) >= 11 is 0. The standard InChI is InChI=1S/C20H28N6O/c1-14(12-25-10-8-21-15(25)2)20(27)26-9-6-17-16(13-26)11-23-19(24-17)18-5-3-4-7-22-18/h8,10-11,14,18,22H,3-7,9,12-13H2,1-2H3/t14-,18+/m1/s1. The molecule has 1 N–H and O–H groups in total. The third-order valence-electron chi connectivity index (χ3n) is 5.70. The summed E-state index contributed by atoms with van der Waals surface area (Å²) in [4.78, 5) is 28.5. The first-order chi connectivity index (χ1) is 13.1. The number of hydrogen-bond acceptors (Lipinski definition) is 5. The molecule has 7 nitrogen and oxygen atoms in total. The molecule has 1 saturated heterocycles. The number of aromatic nitrogens is 4. The lowest BCUT2D eigenvalue weighted by molar-refractivity contribution is -0.136. The van der Waals surface area contributed by atoms with Gasteiger partial charge in [-0.2, -0.15) is 0 Å². The minimum absolute atomic E-state index is 0.0777. The summed E-state index contributed by atoms with van der Waals surface area (Å²) in [6.07, 6.45) is 10.0. The van der Waals surface area contributed by atoms with Crippen LogP contribution in [0.25, 0.3) is 0 Å². The van der Waals surface area contributed by atoms with E-state index in [2.05, 4.69) is 15.3 Å². The molecule has 0 saturated carbocycles. The van der Waals surface area contributed by atoms with Gasteiger partial charge >= 0.3 is 0 Å². The van der Waals surface area contributed by atoms with Crippen LogP contribution in [0.1, 0.15) is 55.1 Å². The first-order valence-corrected chi connectivity index (χ1v) is 9.96. The summed E-state index contributed by atoms with van der Waals surface area (Å²) in [5, 5.41) is 3.51. The maximum Gasteiger partial charge on any atom is 0.227 e. The highest BCUT2D eigenvalue weighted by molar-refractivity contribution is 5.78. The summed E-state index contributed by atoms with van der Waals surface area (Å²) < 4.78 is 2.03. The number of fused-ring (bicyclic) bond motifs is 1. The molecule has 0 aromatic carbocycles. The van der Waals surface area contributed by atoms with Crippen LogP contribution in [-0.2, 0) is 24.3 Å². The molecule has 2 aromatic heterocycles. The number of carbonyl (C=O) groups excluding carboxylic acids is 1. The molecule has 0 unspecified atom stereocenters. The Labute approximate surface area is 160 Å². The second-order valence-corrected chi connectivity index (χ2v) is 7.74. The molecule has 7 heteroatoms. The first-order valence-electron chi connectivity index (χ1n) is 9.96. The Kier molecular flexibility index (Phi) is 5.20. The van der Waals surface area contributed by atoms with Crippen LogP contribution >= 0.6 is 0 Å². The minimum Gasteiger partial charge on any atom is -0.338 e. The predicted molar refractivity (Wildman–Crippen MR) is 102 cm³/mol. The van der Waals surface area contributed by atoms with Gasteiger partial charge in [0.25, 0.3) is 0 Å². The molecule has 27 heavy (non-hydrogen) atoms. The lowest BCUT2D eigenvalue weighted by Gasteiger charge is -2.31. The van der Waals surface area contributed by atoms with Crippen molar-refractivity contribution in [3.05, 3.63) is 41.5 Å². The zero-order chi connectivity index (χ0) is 18.8. The van der Waals surface area contributed by atoms with E-state index in [1.165, 1.54) is 12.8 Å². The molecular weight excluding hydrogens is 340 g/mol. The second-order valence-electron chi connectivity index (χ2n) is 7.74. The summed E-state index contributed by atoms with van der Waals surface area (Å²) in [5.74, 6) is 1.96. The summed E-state index contributed by atoms with van der Waals surface area (Å²) in [7, 11) is 0. The number of carbonyl (C=O) groups is 1. The first kappa shape index (κ1) is 18.1. The third-order valence-corrected chi connectivity index (χ3v) is 5.70. The van der Waals surface area contributed by atoms with Crippen LogP contribution in [0.2, 0.25) is 0 Å². The SMILES string of the molecule is Cc1nccn1C[C@@H](C)C(=O)N1CCc2nc([C@@H]3CCCCN3)ncc2C1. The maximum absolute atomic E-state index is 12.9. The van der Waals surface area contributed by atoms with Crippen LogP contribution in [0.5, 0.6) is 0 Å². The van der Waals surface area contributed by atoms with Crippen LogP contribution in [0.15, 0.2) is 18.6 Å². The summed E-state index contributed by atoms with van der Waals surface area (Å²) in [6, 6.07) is 0.280. The van der Waals surface area contributed by atoms with Gasteiger partial charge in [-0.3, -0.25) is 4.79 Å². The number of aryl methyl sites for hydroxylation is 1. The molecule has 2 aliphatic heterocycles. The number of nitrogens with one attached hydrogen (secondary N) is 1. The predicted octanol–water partition coefficient (Wildman–Crippen LogP) is 2.02. The van der Waals surface area contributed by atoms with Gasteiger partial charge < -0.3 is 14.8 Å². The quantitative estimate of drug-likeness (QED) is 0.893. The second kappa shape index (κ2) is 7.76. The van der Waals surface area contributed by atoms with Crippen molar-refractivity contribution < 1.29 is 4.79 Å². The molecule has 0 spiro atoms. The van der Waals surface area contributed by atoms with Gasteiger partial charge in [0, 0.05) is 50.2 Å². The Bertz CT molecular complexity index is 811. The molecule has 2 aromatic rings. The number of nitrogens with zero attached hydrogens (tertiary/aromatic N) is 5. The van der Waals surface area contributed by atoms with Crippen LogP contribution in [0.3, 0.4) is 0 Å². The number of rotatable bonds is 4. The number of hydrogen-bond donors (Lipinski definition) is 1. The van der Waals surface area contributed by atoms with Crippen molar-refractivity contribution in [1.29, 1.82) is 0 Å². The average molecular weight is 368 g/mol. The number of imidazole rings is 1. The minimum atomic E-state index is -0.0777. The van der Waals surface area contributed by atoms with Crippen molar-refractivity contribution in [2.24, 2.45) is 5.92 Å². The molecule has 4 heterocycles. The van der Waals surface area contributed by atoms with Crippen molar-refractivity contribution in [3.8, 4) is 0 Å². The molecule has 1 amide bonds. The molecule has 0 radical (unpaired) electrons. The van der Waals surface area contributed by atoms with Crippen LogP contribution in [0.4, 0.5) is 0 Å². The number of piperidine rings is 1. The van der Waals surface area contributed by atoms with Gasteiger partial charge in [-0.1, -0.05) is 13.3 Å². The van der Waals surface area contributed by atoms with E-state index in [9.17, 15) is 4.79 Å². The molecule has 4 rings (SSSR count). The van der Waals surface area contributed by atoms with Gasteiger partial charge in [-0.05, 0) is 26.3 Å². The van der Waals surface area contributed by atoms with Gasteiger partial charge in [-0.15, -0.1) is 0 Å². The molecule has 2 atom stereocenters. The van der Waals surface area contributed by atoms with Gasteiger partial charge in [0.2, 0.25) is 5.91 Å². The topological polar surface area (TPSA) is 75.9 Å². The average Bonchev–Trinajstić information content (AvgIpc) is 3.11. The Morgan fingerprint density at radius 1 is 1.37 bits per heavy atom. The highest BCUT2D eigenvalue weighted by atomic mass is 16.2. The van der Waals surface area contributed by atoms with E-state index >= 15 is 0 Å². The zero-order valence-corrected chi connectivity index (χ0v) is 16.2. The maximum atomic E-state index is 12.9. The van der Waals surface area contributed by atoms with Gasteiger partial charge in [0.1, 0.15) is 11.6 Å². The lowest BCUT2D eigenvalue weighted by Crippen LogP contribution is -2.40. The smallest absolute Gasteiger partial charge is 0.227 e. The van der Waals surface area contributed by atoms with E-state index in [1.807, 2.05) is 35.7 Å². The fraction of sp³-hybridized carbons (Fsp3) is 0.600. The zero-order valence-electron chi connectivity index (χ0n) is 16.2. The van der Waals surface area contributed by atoms with E-state index in [4.69, 9.17) is 4.98 Å². The van der Waals surface area contributed by atoms with Crippen molar-refractivity contribution in [1.82, 2.24) is 29.7 Å². The van der Waals surface area contributed by atoms with Crippen molar-refractivity contribution >= 4 is 5.91 Å². The van der Waals surface area contributed by atoms with E-state index in [1.54, 1.807) is 6.20 Å². The molecular formula is C20H28N6O. The van der Waals surface area contributed by atoms with E-state index < -0.39 is 0 Å². The van der Waals surface area contributed by atoms with Crippen LogP contribution in [0, 0.1) is 12.8 Å². The molecule has 0 aliphatic carbocycles. The summed E-state index contributed by atoms with van der Waals surface area (Å²) in [5.41, 5.74) is 2.19. The van der Waals surface area contributed by atoms with Crippen molar-refractivity contribution in [2.75, 3.05) is 13.1 Å². The monoisotopic (exact) mass is 368 g/mol. The fourth-order valence-electron chi connectivity index (χ4n) is 4.04. The Morgan fingerprint density at radius 3 is 3.00 bits per heavy atom. The molecule has 0 bridgehead atoms. The lowest BCUT2D eigenvalue weighted by atomic mass is 10.0. The highest BCUT2D eigenvalue weighted by Gasteiger charge is 2.27. The molecule has 1 fully saturated rings. The van der Waals surface area contributed by atoms with Crippen molar-refractivity contribution in [3.63, 3.8) is 0 Å². The van der Waals surface area contributed by atoms with Gasteiger partial charge in [0.15, 0.2) is 0 Å². The largest absolute Gasteiger partial charge is 0.338 e. The van der Waals surface area contributed by atoms with Crippen LogP contribution < -0.4 is 5.32 Å². The van der Waals surface area contributed by atoms with Crippen LogP contribution in [-0.4, -0.2) is 43.4 Å². The molecule has 2 aliphatic rings. The Balaban J connectivity index is 1.41.